The zero-order valence-electron chi connectivity index (χ0n) is 8.51. The zero-order valence-corrected chi connectivity index (χ0v) is 8.51. The second-order valence-electron chi connectivity index (χ2n) is 3.76. The number of imidazole rings is 1. The molecule has 2 heterocycles. The fourth-order valence-electron chi connectivity index (χ4n) is 1.56. The van der Waals surface area contributed by atoms with Crippen LogP contribution in [0.3, 0.4) is 0 Å². The maximum Gasteiger partial charge on any atom is 0.136 e. The van der Waals surface area contributed by atoms with Crippen LogP contribution in [0.25, 0.3) is 5.65 Å². The fourth-order valence-corrected chi connectivity index (χ4v) is 1.56. The van der Waals surface area contributed by atoms with Gasteiger partial charge in [-0.3, -0.25) is 0 Å². The van der Waals surface area contributed by atoms with E-state index in [2.05, 4.69) is 16.3 Å². The number of nitrogens with zero attached hydrogens (tertiary/aromatic N) is 2. The van der Waals surface area contributed by atoms with Crippen molar-refractivity contribution in [3.8, 4) is 0 Å². The molecule has 2 aromatic heterocycles. The van der Waals surface area contributed by atoms with Crippen LogP contribution in [-0.4, -0.2) is 15.4 Å². The van der Waals surface area contributed by atoms with E-state index in [0.29, 0.717) is 5.92 Å². The number of pyridine rings is 1. The van der Waals surface area contributed by atoms with Gasteiger partial charge in [-0.2, -0.15) is 0 Å². The quantitative estimate of drug-likeness (QED) is 0.782. The summed E-state index contributed by atoms with van der Waals surface area (Å²) in [6, 6.07) is 6.14. The van der Waals surface area contributed by atoms with Gasteiger partial charge < -0.3 is 10.1 Å². The summed E-state index contributed by atoms with van der Waals surface area (Å²) < 4.78 is 2.09. The summed E-state index contributed by atoms with van der Waals surface area (Å²) in [6.07, 6.45) is 3.93. The number of hydrogen-bond donors (Lipinski definition) is 1. The van der Waals surface area contributed by atoms with Gasteiger partial charge in [0.25, 0.3) is 0 Å². The molecule has 0 radical (unpaired) electrons. The first-order valence-electron chi connectivity index (χ1n) is 4.87. The summed E-state index contributed by atoms with van der Waals surface area (Å²) >= 11 is 0. The summed E-state index contributed by atoms with van der Waals surface area (Å²) in [5.74, 6) is 0.326. The highest BCUT2D eigenvalue weighted by molar-refractivity contribution is 5.40. The number of nitrogens with two attached hydrogens (primary N) is 1. The summed E-state index contributed by atoms with van der Waals surface area (Å²) in [5, 5.41) is 0. The highest BCUT2D eigenvalue weighted by Gasteiger charge is 2.14. The molecule has 0 aromatic carbocycles. The van der Waals surface area contributed by atoms with Gasteiger partial charge in [0, 0.05) is 30.0 Å². The van der Waals surface area contributed by atoms with Crippen LogP contribution in [0, 0.1) is 0 Å². The van der Waals surface area contributed by atoms with Gasteiger partial charge >= 0.3 is 0 Å². The molecule has 2 atom stereocenters. The summed E-state index contributed by atoms with van der Waals surface area (Å²) in [6.45, 7) is 4.15. The minimum Gasteiger partial charge on any atom is -0.327 e. The van der Waals surface area contributed by atoms with Gasteiger partial charge in [-0.05, 0) is 19.1 Å². The fraction of sp³-hybridized carbons (Fsp3) is 0.364. The molecule has 0 fully saturated rings. The molecule has 0 saturated heterocycles. The monoisotopic (exact) mass is 189 g/mol. The molecule has 0 aliphatic rings. The molecule has 0 amide bonds. The summed E-state index contributed by atoms with van der Waals surface area (Å²) in [4.78, 5) is 4.33. The lowest BCUT2D eigenvalue weighted by atomic mass is 10.0. The minimum absolute atomic E-state index is 0.148. The third-order valence-electron chi connectivity index (χ3n) is 2.70. The Balaban J connectivity index is 2.53. The molecule has 3 nitrogen and oxygen atoms in total. The van der Waals surface area contributed by atoms with Crippen molar-refractivity contribution in [2.24, 2.45) is 5.73 Å². The van der Waals surface area contributed by atoms with Gasteiger partial charge in [0.2, 0.25) is 0 Å². The molecule has 0 aliphatic heterocycles. The lowest BCUT2D eigenvalue weighted by Crippen LogP contribution is -2.23. The Bertz CT molecular complexity index is 431. The topological polar surface area (TPSA) is 43.3 Å². The Hall–Kier alpha value is -1.35. The highest BCUT2D eigenvalue weighted by atomic mass is 15.0. The minimum atomic E-state index is 0.148. The molecular weight excluding hydrogens is 174 g/mol. The van der Waals surface area contributed by atoms with Crippen molar-refractivity contribution in [3.63, 3.8) is 0 Å². The van der Waals surface area contributed by atoms with E-state index < -0.39 is 0 Å². The average Bonchev–Trinajstić information content (AvgIpc) is 2.60. The van der Waals surface area contributed by atoms with Crippen molar-refractivity contribution in [3.05, 3.63) is 36.3 Å². The zero-order chi connectivity index (χ0) is 10.1. The van der Waals surface area contributed by atoms with Crippen molar-refractivity contribution in [2.75, 3.05) is 0 Å². The van der Waals surface area contributed by atoms with Gasteiger partial charge in [-0.15, -0.1) is 0 Å². The Kier molecular flexibility index (Phi) is 2.25. The smallest absolute Gasteiger partial charge is 0.136 e. The van der Waals surface area contributed by atoms with Gasteiger partial charge in [0.1, 0.15) is 5.65 Å². The van der Waals surface area contributed by atoms with Gasteiger partial charge in [0.15, 0.2) is 0 Å². The maximum atomic E-state index is 5.88. The van der Waals surface area contributed by atoms with E-state index in [9.17, 15) is 0 Å². The van der Waals surface area contributed by atoms with Crippen molar-refractivity contribution < 1.29 is 0 Å². The molecule has 0 saturated carbocycles. The Morgan fingerprint density at radius 2 is 2.14 bits per heavy atom. The standard InChI is InChI=1S/C11H15N3/c1-8(9(2)12)10-7-13-11-5-3-4-6-14(10)11/h3-9H,12H2,1-2H3. The van der Waals surface area contributed by atoms with E-state index >= 15 is 0 Å². The second-order valence-corrected chi connectivity index (χ2v) is 3.76. The van der Waals surface area contributed by atoms with Crippen LogP contribution in [0.2, 0.25) is 0 Å². The van der Waals surface area contributed by atoms with E-state index in [4.69, 9.17) is 5.73 Å². The number of rotatable bonds is 2. The summed E-state index contributed by atoms with van der Waals surface area (Å²) in [7, 11) is 0. The normalized spacial score (nSPS) is 15.6. The lowest BCUT2D eigenvalue weighted by Gasteiger charge is -2.14. The SMILES string of the molecule is CC(N)C(C)c1cnc2ccccn12. The number of aromatic nitrogens is 2. The largest absolute Gasteiger partial charge is 0.327 e. The van der Waals surface area contributed by atoms with Crippen LogP contribution in [-0.2, 0) is 0 Å². The number of hydrogen-bond acceptors (Lipinski definition) is 2. The Morgan fingerprint density at radius 3 is 2.86 bits per heavy atom. The third kappa shape index (κ3) is 1.40. The molecule has 74 valence electrons. The highest BCUT2D eigenvalue weighted by Crippen LogP contribution is 2.18. The molecule has 14 heavy (non-hydrogen) atoms. The van der Waals surface area contributed by atoms with E-state index in [1.807, 2.05) is 37.5 Å². The van der Waals surface area contributed by atoms with Crippen molar-refractivity contribution in [2.45, 2.75) is 25.8 Å². The van der Waals surface area contributed by atoms with Gasteiger partial charge in [-0.1, -0.05) is 13.0 Å². The lowest BCUT2D eigenvalue weighted by molar-refractivity contribution is 0.594. The van der Waals surface area contributed by atoms with Crippen LogP contribution in [0.4, 0.5) is 0 Å². The van der Waals surface area contributed by atoms with Crippen LogP contribution in [0.1, 0.15) is 25.5 Å². The van der Waals surface area contributed by atoms with Crippen molar-refractivity contribution in [1.29, 1.82) is 0 Å². The van der Waals surface area contributed by atoms with Crippen LogP contribution in [0.15, 0.2) is 30.6 Å². The van der Waals surface area contributed by atoms with Crippen LogP contribution >= 0.6 is 0 Å². The first-order chi connectivity index (χ1) is 6.70. The number of fused-ring (bicyclic) bond motifs is 1. The van der Waals surface area contributed by atoms with Crippen molar-refractivity contribution >= 4 is 5.65 Å². The summed E-state index contributed by atoms with van der Waals surface area (Å²) in [5.41, 5.74) is 8.04. The molecule has 0 spiro atoms. The van der Waals surface area contributed by atoms with E-state index in [-0.39, 0.29) is 6.04 Å². The van der Waals surface area contributed by atoms with E-state index in [0.717, 1.165) is 5.65 Å². The predicted octanol–water partition coefficient (Wildman–Crippen LogP) is 1.79. The first kappa shape index (κ1) is 9.21. The molecule has 0 aliphatic carbocycles. The van der Waals surface area contributed by atoms with Gasteiger partial charge in [-0.25, -0.2) is 4.98 Å². The van der Waals surface area contributed by atoms with E-state index in [1.165, 1.54) is 5.69 Å². The molecule has 2 N–H and O–H groups in total. The van der Waals surface area contributed by atoms with E-state index in [1.54, 1.807) is 0 Å². The Labute approximate surface area is 83.6 Å². The van der Waals surface area contributed by atoms with Crippen LogP contribution in [0.5, 0.6) is 0 Å². The maximum absolute atomic E-state index is 5.88. The molecule has 2 unspecified atom stereocenters. The predicted molar refractivity (Wildman–Crippen MR) is 57.3 cm³/mol. The third-order valence-corrected chi connectivity index (χ3v) is 2.70. The molecule has 2 rings (SSSR count). The Morgan fingerprint density at radius 1 is 1.36 bits per heavy atom. The molecule has 3 heteroatoms. The first-order valence-corrected chi connectivity index (χ1v) is 4.87. The van der Waals surface area contributed by atoms with Crippen molar-refractivity contribution in [1.82, 2.24) is 9.38 Å². The average molecular weight is 189 g/mol. The molecule has 2 aromatic rings. The second kappa shape index (κ2) is 3.42. The molecular formula is C11H15N3. The van der Waals surface area contributed by atoms with Crippen LogP contribution < -0.4 is 5.73 Å². The molecule has 0 bridgehead atoms. The van der Waals surface area contributed by atoms with Gasteiger partial charge in [0.05, 0.1) is 0 Å².